The van der Waals surface area contributed by atoms with Gasteiger partial charge in [0.15, 0.2) is 0 Å². The first-order valence-corrected chi connectivity index (χ1v) is 7.39. The largest absolute Gasteiger partial charge is 0.346 e. The smallest absolute Gasteiger partial charge is 0.130 e. The third-order valence-corrected chi connectivity index (χ3v) is 4.18. The van der Waals surface area contributed by atoms with Gasteiger partial charge in [-0.3, -0.25) is 0 Å². The number of rotatable bonds is 1. The van der Waals surface area contributed by atoms with Crippen molar-refractivity contribution >= 4 is 12.2 Å². The van der Waals surface area contributed by atoms with Gasteiger partial charge in [-0.2, -0.15) is 0 Å². The predicted molar refractivity (Wildman–Crippen MR) is 78.5 cm³/mol. The molecule has 1 aliphatic rings. The topological polar surface area (TPSA) is 28.7 Å². The molecule has 2 nitrogen and oxygen atoms in total. The van der Waals surface area contributed by atoms with Crippen LogP contribution in [0.4, 0.5) is 0 Å². The Morgan fingerprint density at radius 3 is 2.39 bits per heavy atom. The van der Waals surface area contributed by atoms with E-state index in [2.05, 4.69) is 37.7 Å². The molecule has 0 aliphatic heterocycles. The quantitative estimate of drug-likeness (QED) is 0.743. The summed E-state index contributed by atoms with van der Waals surface area (Å²) >= 11 is 5.32. The second kappa shape index (κ2) is 5.12. The summed E-state index contributed by atoms with van der Waals surface area (Å²) in [6.07, 6.45) is 5.11. The van der Waals surface area contributed by atoms with Crippen LogP contribution in [0.2, 0.25) is 0 Å². The molecule has 0 amide bonds. The van der Waals surface area contributed by atoms with Gasteiger partial charge in [0.25, 0.3) is 0 Å². The first-order valence-electron chi connectivity index (χ1n) is 6.98. The highest BCUT2D eigenvalue weighted by atomic mass is 32.1. The van der Waals surface area contributed by atoms with Gasteiger partial charge in [-0.15, -0.1) is 0 Å². The highest BCUT2D eigenvalue weighted by molar-refractivity contribution is 7.71. The molecule has 1 saturated carbocycles. The Hall–Kier alpha value is -0.700. The molecule has 1 aliphatic carbocycles. The summed E-state index contributed by atoms with van der Waals surface area (Å²) in [5.41, 5.74) is 1.31. The van der Waals surface area contributed by atoms with Crippen LogP contribution < -0.4 is 0 Å². The summed E-state index contributed by atoms with van der Waals surface area (Å²) in [5.74, 6) is 2.56. The van der Waals surface area contributed by atoms with Crippen LogP contribution >= 0.6 is 12.2 Å². The van der Waals surface area contributed by atoms with Gasteiger partial charge < -0.3 is 4.98 Å². The number of aromatic nitrogens is 2. The van der Waals surface area contributed by atoms with E-state index in [4.69, 9.17) is 12.2 Å². The summed E-state index contributed by atoms with van der Waals surface area (Å²) < 4.78 is 0.729. The summed E-state index contributed by atoms with van der Waals surface area (Å²) in [5, 5.41) is 0. The second-order valence-electron chi connectivity index (χ2n) is 6.73. The first kappa shape index (κ1) is 13.7. The lowest BCUT2D eigenvalue weighted by atomic mass is 9.82. The summed E-state index contributed by atoms with van der Waals surface area (Å²) in [6.45, 7) is 8.97. The number of nitrogens with zero attached hydrogens (tertiary/aromatic N) is 1. The van der Waals surface area contributed by atoms with Gasteiger partial charge in [0, 0.05) is 17.0 Å². The molecule has 3 heteroatoms. The Balaban J connectivity index is 2.28. The minimum Gasteiger partial charge on any atom is -0.346 e. The molecule has 0 saturated heterocycles. The first-order chi connectivity index (χ1) is 8.36. The molecular formula is C15H24N2S. The van der Waals surface area contributed by atoms with Crippen molar-refractivity contribution in [3.05, 3.63) is 22.2 Å². The maximum atomic E-state index is 5.32. The van der Waals surface area contributed by atoms with E-state index in [9.17, 15) is 0 Å². The lowest BCUT2D eigenvalue weighted by Gasteiger charge is -2.27. The van der Waals surface area contributed by atoms with Crippen LogP contribution in [-0.4, -0.2) is 9.97 Å². The van der Waals surface area contributed by atoms with Crippen LogP contribution in [0, 0.1) is 10.6 Å². The van der Waals surface area contributed by atoms with Crippen molar-refractivity contribution in [3.63, 3.8) is 0 Å². The fourth-order valence-electron chi connectivity index (χ4n) is 2.61. The van der Waals surface area contributed by atoms with Gasteiger partial charge in [0.1, 0.15) is 10.5 Å². The molecule has 0 spiro atoms. The average molecular weight is 264 g/mol. The number of hydrogen-bond donors (Lipinski definition) is 1. The van der Waals surface area contributed by atoms with Crippen LogP contribution in [-0.2, 0) is 5.41 Å². The standard InChI is InChI=1S/C15H24N2S/c1-10-5-7-11(8-6-10)14-16-12(15(2,3)4)9-13(18)17-14/h9-11H,5-8H2,1-4H3,(H,16,17,18). The zero-order chi connectivity index (χ0) is 13.3. The summed E-state index contributed by atoms with van der Waals surface area (Å²) in [6, 6.07) is 2.00. The highest BCUT2D eigenvalue weighted by Gasteiger charge is 2.23. The van der Waals surface area contributed by atoms with Crippen molar-refractivity contribution in [3.8, 4) is 0 Å². The van der Waals surface area contributed by atoms with E-state index in [1.807, 2.05) is 6.07 Å². The Kier molecular flexibility index (Phi) is 3.90. The van der Waals surface area contributed by atoms with Crippen molar-refractivity contribution < 1.29 is 0 Å². The van der Waals surface area contributed by atoms with Gasteiger partial charge in [-0.05, 0) is 24.8 Å². The molecule has 0 bridgehead atoms. The van der Waals surface area contributed by atoms with E-state index < -0.39 is 0 Å². The van der Waals surface area contributed by atoms with Crippen molar-refractivity contribution in [1.82, 2.24) is 9.97 Å². The minimum atomic E-state index is 0.104. The molecule has 0 aromatic carbocycles. The van der Waals surface area contributed by atoms with Gasteiger partial charge in [-0.1, -0.05) is 52.8 Å². The monoisotopic (exact) mass is 264 g/mol. The molecule has 2 rings (SSSR count). The normalized spacial score (nSPS) is 25.1. The summed E-state index contributed by atoms with van der Waals surface area (Å²) in [7, 11) is 0. The molecule has 0 unspecified atom stereocenters. The number of aromatic amines is 1. The van der Waals surface area contributed by atoms with Crippen LogP contribution in [0.1, 0.15) is 70.8 Å². The van der Waals surface area contributed by atoms with Gasteiger partial charge >= 0.3 is 0 Å². The number of H-pyrrole nitrogens is 1. The molecule has 0 radical (unpaired) electrons. The van der Waals surface area contributed by atoms with Crippen LogP contribution in [0.15, 0.2) is 6.07 Å². The third-order valence-electron chi connectivity index (χ3n) is 3.97. The van der Waals surface area contributed by atoms with Crippen molar-refractivity contribution in [2.45, 2.75) is 64.7 Å². The molecule has 100 valence electrons. The lowest BCUT2D eigenvalue weighted by Crippen LogP contribution is -2.19. The Bertz CT molecular complexity index is 462. The predicted octanol–water partition coefficient (Wildman–Crippen LogP) is 4.73. The van der Waals surface area contributed by atoms with Crippen molar-refractivity contribution in [1.29, 1.82) is 0 Å². The zero-order valence-electron chi connectivity index (χ0n) is 11.9. The Morgan fingerprint density at radius 1 is 1.22 bits per heavy atom. The second-order valence-corrected chi connectivity index (χ2v) is 7.14. The van der Waals surface area contributed by atoms with Crippen molar-refractivity contribution in [2.24, 2.45) is 5.92 Å². The van der Waals surface area contributed by atoms with E-state index in [-0.39, 0.29) is 5.41 Å². The number of nitrogens with one attached hydrogen (secondary N) is 1. The molecule has 18 heavy (non-hydrogen) atoms. The van der Waals surface area contributed by atoms with E-state index in [1.54, 1.807) is 0 Å². The molecule has 1 N–H and O–H groups in total. The Labute approximate surface area is 115 Å². The van der Waals surface area contributed by atoms with Gasteiger partial charge in [-0.25, -0.2) is 4.98 Å². The van der Waals surface area contributed by atoms with Gasteiger partial charge in [0.2, 0.25) is 0 Å². The molecule has 1 aromatic rings. The highest BCUT2D eigenvalue weighted by Crippen LogP contribution is 2.34. The maximum Gasteiger partial charge on any atom is 0.130 e. The average Bonchev–Trinajstić information content (AvgIpc) is 2.28. The molecule has 0 atom stereocenters. The molecular weight excluding hydrogens is 240 g/mol. The maximum absolute atomic E-state index is 5.32. The van der Waals surface area contributed by atoms with Crippen molar-refractivity contribution in [2.75, 3.05) is 0 Å². The fourth-order valence-corrected chi connectivity index (χ4v) is 2.82. The van der Waals surface area contributed by atoms with Crippen LogP contribution in [0.3, 0.4) is 0 Å². The minimum absolute atomic E-state index is 0.104. The van der Waals surface area contributed by atoms with Crippen LogP contribution in [0.25, 0.3) is 0 Å². The SMILES string of the molecule is CC1CCC(c2nc(=S)cc(C(C)(C)C)[nH]2)CC1. The van der Waals surface area contributed by atoms with E-state index in [0.29, 0.717) is 5.92 Å². The van der Waals surface area contributed by atoms with E-state index >= 15 is 0 Å². The zero-order valence-corrected chi connectivity index (χ0v) is 12.7. The third kappa shape index (κ3) is 3.19. The van der Waals surface area contributed by atoms with Crippen LogP contribution in [0.5, 0.6) is 0 Å². The van der Waals surface area contributed by atoms with E-state index in [0.717, 1.165) is 16.4 Å². The fraction of sp³-hybridized carbons (Fsp3) is 0.733. The van der Waals surface area contributed by atoms with E-state index in [1.165, 1.54) is 31.4 Å². The van der Waals surface area contributed by atoms with Gasteiger partial charge in [0.05, 0.1) is 0 Å². The Morgan fingerprint density at radius 2 is 1.83 bits per heavy atom. The lowest BCUT2D eigenvalue weighted by molar-refractivity contribution is 0.338. The number of hydrogen-bond acceptors (Lipinski definition) is 2. The molecule has 1 aromatic heterocycles. The molecule has 1 fully saturated rings. The molecule has 1 heterocycles. The summed E-state index contributed by atoms with van der Waals surface area (Å²) in [4.78, 5) is 8.09.